The van der Waals surface area contributed by atoms with Crippen LogP contribution in [-0.4, -0.2) is 73.9 Å². The maximum Gasteiger partial charge on any atom is 0.415 e. The summed E-state index contributed by atoms with van der Waals surface area (Å²) < 4.78 is 16.3. The Hall–Kier alpha value is -3.64. The van der Waals surface area contributed by atoms with Crippen LogP contribution in [0.2, 0.25) is 5.15 Å². The second kappa shape index (κ2) is 10.8. The molecule has 1 aliphatic carbocycles. The van der Waals surface area contributed by atoms with Gasteiger partial charge in [-0.1, -0.05) is 11.6 Å². The minimum absolute atomic E-state index is 0.0552. The van der Waals surface area contributed by atoms with Crippen molar-refractivity contribution in [3.8, 4) is 11.6 Å². The van der Waals surface area contributed by atoms with Gasteiger partial charge in [-0.05, 0) is 61.5 Å². The molecule has 5 rings (SSSR count). The molecule has 2 aliphatic heterocycles. The summed E-state index contributed by atoms with van der Waals surface area (Å²) in [5.41, 5.74) is 2.10. The van der Waals surface area contributed by atoms with Gasteiger partial charge >= 0.3 is 6.09 Å². The highest BCUT2D eigenvalue weighted by atomic mass is 35.5. The van der Waals surface area contributed by atoms with E-state index in [1.807, 2.05) is 6.07 Å². The topological polar surface area (TPSA) is 144 Å². The molecule has 2 unspecified atom stereocenters. The van der Waals surface area contributed by atoms with Crippen molar-refractivity contribution in [2.75, 3.05) is 50.1 Å². The number of carbonyl (C=O) groups is 3. The van der Waals surface area contributed by atoms with Crippen LogP contribution in [0.15, 0.2) is 18.2 Å². The molecule has 1 saturated heterocycles. The Morgan fingerprint density at radius 2 is 2.16 bits per heavy atom. The molecule has 0 spiro atoms. The lowest BCUT2D eigenvalue weighted by atomic mass is 10.1. The summed E-state index contributed by atoms with van der Waals surface area (Å²) in [7, 11) is 1.54. The van der Waals surface area contributed by atoms with Crippen LogP contribution in [0, 0.1) is 5.92 Å². The van der Waals surface area contributed by atoms with Crippen molar-refractivity contribution in [2.24, 2.45) is 5.92 Å². The summed E-state index contributed by atoms with van der Waals surface area (Å²) in [5.74, 6) is 1.33. The maximum absolute atomic E-state index is 12.4. The number of pyridine rings is 2. The van der Waals surface area contributed by atoms with Gasteiger partial charge < -0.3 is 30.2 Å². The Bertz CT molecular complexity index is 1230. The maximum atomic E-state index is 12.4. The van der Waals surface area contributed by atoms with Crippen LogP contribution in [0.3, 0.4) is 0 Å². The van der Waals surface area contributed by atoms with Gasteiger partial charge in [0, 0.05) is 13.1 Å². The number of hydrogen-bond donors (Lipinski definition) is 3. The Balaban J connectivity index is 1.08. The van der Waals surface area contributed by atoms with Crippen molar-refractivity contribution >= 4 is 41.1 Å². The largest absolute Gasteiger partial charge is 0.480 e. The number of cyclic esters (lactones) is 1. The quantitative estimate of drug-likeness (QED) is 0.323. The predicted molar refractivity (Wildman–Crippen MR) is 133 cm³/mol. The van der Waals surface area contributed by atoms with Crippen LogP contribution < -0.4 is 30.3 Å². The molecule has 3 N–H and O–H groups in total. The van der Waals surface area contributed by atoms with Crippen LogP contribution in [0.5, 0.6) is 11.6 Å². The van der Waals surface area contributed by atoms with Crippen LogP contribution in [0.4, 0.5) is 16.4 Å². The standard InChI is InChI=1S/C24H27ClN6O6/c1-26-19(32)11-36-21-8-14-6-13(7-16(14)22(25)30-21)9-27-5-4-15-10-31(24(34)37-15)18-3-2-17-23(28-18)29-20(33)12-35-17/h2-3,8,13,15,27H,4-7,9-12H2,1H3,(H,26,32)(H,28,29,33). The van der Waals surface area contributed by atoms with E-state index in [4.69, 9.17) is 25.8 Å². The lowest BCUT2D eigenvalue weighted by molar-refractivity contribution is -0.122. The monoisotopic (exact) mass is 530 g/mol. The van der Waals surface area contributed by atoms with Crippen LogP contribution in [0.25, 0.3) is 0 Å². The average molecular weight is 531 g/mol. The molecule has 3 aliphatic rings. The molecular weight excluding hydrogens is 504 g/mol. The molecule has 196 valence electrons. The summed E-state index contributed by atoms with van der Waals surface area (Å²) in [4.78, 5) is 45.4. The van der Waals surface area contributed by atoms with Gasteiger partial charge in [-0.2, -0.15) is 0 Å². The Morgan fingerprint density at radius 1 is 1.30 bits per heavy atom. The highest BCUT2D eigenvalue weighted by molar-refractivity contribution is 6.30. The van der Waals surface area contributed by atoms with E-state index in [1.54, 1.807) is 19.2 Å². The predicted octanol–water partition coefficient (Wildman–Crippen LogP) is 1.31. The summed E-state index contributed by atoms with van der Waals surface area (Å²) in [5, 5.41) is 9.00. The molecule has 0 saturated carbocycles. The third-order valence-electron chi connectivity index (χ3n) is 6.46. The summed E-state index contributed by atoms with van der Waals surface area (Å²) in [6.07, 6.45) is 1.54. The number of anilines is 2. The summed E-state index contributed by atoms with van der Waals surface area (Å²) >= 11 is 6.36. The first-order chi connectivity index (χ1) is 17.9. The number of hydrogen-bond acceptors (Lipinski definition) is 9. The number of nitrogens with zero attached hydrogens (tertiary/aromatic N) is 3. The van der Waals surface area contributed by atoms with Gasteiger partial charge in [-0.3, -0.25) is 14.5 Å². The van der Waals surface area contributed by atoms with Crippen molar-refractivity contribution in [1.82, 2.24) is 20.6 Å². The first-order valence-electron chi connectivity index (χ1n) is 12.0. The molecule has 0 aromatic carbocycles. The molecule has 37 heavy (non-hydrogen) atoms. The average Bonchev–Trinajstić information content (AvgIpc) is 3.47. The summed E-state index contributed by atoms with van der Waals surface area (Å²) in [6, 6.07) is 5.20. The molecule has 0 bridgehead atoms. The highest BCUT2D eigenvalue weighted by Gasteiger charge is 2.34. The second-order valence-corrected chi connectivity index (χ2v) is 9.45. The number of amides is 3. The number of ether oxygens (including phenoxy) is 3. The molecule has 4 heterocycles. The Morgan fingerprint density at radius 3 is 3.00 bits per heavy atom. The van der Waals surface area contributed by atoms with E-state index in [2.05, 4.69) is 25.9 Å². The zero-order valence-electron chi connectivity index (χ0n) is 20.2. The van der Waals surface area contributed by atoms with E-state index in [9.17, 15) is 14.4 Å². The molecule has 2 aromatic rings. The van der Waals surface area contributed by atoms with Gasteiger partial charge in [-0.15, -0.1) is 0 Å². The minimum atomic E-state index is -0.469. The summed E-state index contributed by atoms with van der Waals surface area (Å²) in [6.45, 7) is 1.65. The van der Waals surface area contributed by atoms with Gasteiger partial charge in [0.05, 0.1) is 6.54 Å². The molecule has 13 heteroatoms. The normalized spacial score (nSPS) is 20.0. The first kappa shape index (κ1) is 25.0. The van der Waals surface area contributed by atoms with Crippen molar-refractivity contribution in [3.05, 3.63) is 34.5 Å². The van der Waals surface area contributed by atoms with Crippen LogP contribution in [0.1, 0.15) is 17.5 Å². The minimum Gasteiger partial charge on any atom is -0.480 e. The molecular formula is C24H27ClN6O6. The fourth-order valence-corrected chi connectivity index (χ4v) is 4.88. The molecule has 3 amide bonds. The van der Waals surface area contributed by atoms with Crippen molar-refractivity contribution in [3.63, 3.8) is 0 Å². The van der Waals surface area contributed by atoms with Crippen molar-refractivity contribution < 1.29 is 28.6 Å². The molecule has 2 aromatic heterocycles. The van der Waals surface area contributed by atoms with Crippen LogP contribution in [-0.2, 0) is 27.2 Å². The second-order valence-electron chi connectivity index (χ2n) is 9.09. The van der Waals surface area contributed by atoms with Crippen LogP contribution >= 0.6 is 11.6 Å². The Kier molecular flexibility index (Phi) is 7.28. The fraction of sp³-hybridized carbons (Fsp3) is 0.458. The van der Waals surface area contributed by atoms with Crippen molar-refractivity contribution in [1.29, 1.82) is 0 Å². The number of aromatic nitrogens is 2. The molecule has 1 fully saturated rings. The zero-order valence-corrected chi connectivity index (χ0v) is 21.0. The molecule has 0 radical (unpaired) electrons. The molecule has 12 nitrogen and oxygen atoms in total. The van der Waals surface area contributed by atoms with E-state index in [1.165, 1.54) is 4.90 Å². The lowest BCUT2D eigenvalue weighted by Gasteiger charge is -2.19. The van der Waals surface area contributed by atoms with Gasteiger partial charge in [0.15, 0.2) is 24.8 Å². The SMILES string of the molecule is CNC(=O)COc1cc2c(c(Cl)n1)CC(CNCCC1CN(c3ccc4c(n3)NC(=O)CO4)C(=O)O1)C2. The van der Waals surface area contributed by atoms with E-state index in [0.717, 1.165) is 30.5 Å². The highest BCUT2D eigenvalue weighted by Crippen LogP contribution is 2.34. The fourth-order valence-electron chi connectivity index (χ4n) is 4.60. The van der Waals surface area contributed by atoms with E-state index >= 15 is 0 Å². The van der Waals surface area contributed by atoms with Gasteiger partial charge in [-0.25, -0.2) is 14.8 Å². The number of carbonyl (C=O) groups excluding carboxylic acids is 3. The number of nitrogens with one attached hydrogen (secondary N) is 3. The van der Waals surface area contributed by atoms with E-state index in [-0.39, 0.29) is 31.1 Å². The number of halogens is 1. The number of fused-ring (bicyclic) bond motifs is 2. The number of likely N-dealkylation sites (N-methyl/N-ethyl adjacent to an activating group) is 1. The zero-order chi connectivity index (χ0) is 25.9. The number of rotatable bonds is 9. The first-order valence-corrected chi connectivity index (χ1v) is 12.4. The van der Waals surface area contributed by atoms with Gasteiger partial charge in [0.25, 0.3) is 11.8 Å². The van der Waals surface area contributed by atoms with Gasteiger partial charge in [0.1, 0.15) is 17.1 Å². The third kappa shape index (κ3) is 5.70. The lowest BCUT2D eigenvalue weighted by Crippen LogP contribution is -2.30. The molecule has 2 atom stereocenters. The Labute approximate surface area is 218 Å². The van der Waals surface area contributed by atoms with Gasteiger partial charge in [0.2, 0.25) is 5.88 Å². The van der Waals surface area contributed by atoms with E-state index < -0.39 is 6.09 Å². The smallest absolute Gasteiger partial charge is 0.415 e. The van der Waals surface area contributed by atoms with E-state index in [0.29, 0.717) is 53.8 Å². The third-order valence-corrected chi connectivity index (χ3v) is 6.77. The van der Waals surface area contributed by atoms with Crippen molar-refractivity contribution in [2.45, 2.75) is 25.4 Å².